The van der Waals surface area contributed by atoms with E-state index >= 15 is 0 Å². The zero-order chi connectivity index (χ0) is 17.5. The maximum atomic E-state index is 13.0. The molecule has 1 unspecified atom stereocenters. The van der Waals surface area contributed by atoms with E-state index in [1.54, 1.807) is 11.1 Å². The van der Waals surface area contributed by atoms with Crippen molar-refractivity contribution in [2.75, 3.05) is 32.7 Å². The highest BCUT2D eigenvalue weighted by Crippen LogP contribution is 2.09. The van der Waals surface area contributed by atoms with Crippen molar-refractivity contribution >= 4 is 11.9 Å². The smallest absolute Gasteiger partial charge is 0.322 e. The van der Waals surface area contributed by atoms with Gasteiger partial charge in [-0.1, -0.05) is 42.5 Å². The first kappa shape index (κ1) is 17.2. The van der Waals surface area contributed by atoms with Crippen LogP contribution in [0.3, 0.4) is 0 Å². The Morgan fingerprint density at radius 3 is 2.56 bits per heavy atom. The van der Waals surface area contributed by atoms with Gasteiger partial charge < -0.3 is 15.5 Å². The van der Waals surface area contributed by atoms with Crippen LogP contribution in [-0.2, 0) is 11.2 Å². The second-order valence-electron chi connectivity index (χ2n) is 6.19. The number of hydrogen-bond donors (Lipinski definition) is 2. The minimum atomic E-state index is -0.563. The van der Waals surface area contributed by atoms with Crippen LogP contribution in [0, 0.1) is 0 Å². The lowest BCUT2D eigenvalue weighted by Gasteiger charge is -2.32. The number of piperazine rings is 1. The Morgan fingerprint density at radius 2 is 1.88 bits per heavy atom. The van der Waals surface area contributed by atoms with Gasteiger partial charge in [0.1, 0.15) is 6.04 Å². The van der Waals surface area contributed by atoms with Crippen molar-refractivity contribution in [3.8, 4) is 0 Å². The molecule has 1 aromatic carbocycles. The first-order valence-corrected chi connectivity index (χ1v) is 8.68. The molecule has 1 fully saturated rings. The number of nitrogens with zero attached hydrogens (tertiary/aromatic N) is 2. The van der Waals surface area contributed by atoms with Crippen LogP contribution in [0.15, 0.2) is 54.8 Å². The van der Waals surface area contributed by atoms with E-state index in [1.165, 1.54) is 0 Å². The van der Waals surface area contributed by atoms with E-state index in [4.69, 9.17) is 0 Å². The standard InChI is InChI=1S/C19H24N4O2/c24-18(22-13-9-20-10-14-22)17(15-16-7-3-1-4-8-16)21-19(25)23-11-5-2-6-12-23/h1-8,11,17,20H,9-10,12-15H2,(H,21,25). The molecule has 3 rings (SSSR count). The molecule has 2 aliphatic rings. The lowest BCUT2D eigenvalue weighted by Crippen LogP contribution is -2.56. The second kappa shape index (κ2) is 8.48. The maximum absolute atomic E-state index is 13.0. The average molecular weight is 340 g/mol. The summed E-state index contributed by atoms with van der Waals surface area (Å²) in [5.74, 6) is -0.0183. The van der Waals surface area contributed by atoms with Crippen molar-refractivity contribution in [1.82, 2.24) is 20.4 Å². The number of amides is 3. The van der Waals surface area contributed by atoms with Crippen LogP contribution < -0.4 is 10.6 Å². The molecule has 1 aromatic rings. The SMILES string of the molecule is O=C(NC(Cc1ccccc1)C(=O)N1CCNCC1)N1C=CC=CC1. The van der Waals surface area contributed by atoms with E-state index in [-0.39, 0.29) is 11.9 Å². The monoisotopic (exact) mass is 340 g/mol. The van der Waals surface area contributed by atoms with Crippen LogP contribution in [0.4, 0.5) is 4.79 Å². The Kier molecular flexibility index (Phi) is 5.85. The Hall–Kier alpha value is -2.60. The van der Waals surface area contributed by atoms with Gasteiger partial charge in [-0.15, -0.1) is 0 Å². The third-order valence-electron chi connectivity index (χ3n) is 4.38. The van der Waals surface area contributed by atoms with Crippen molar-refractivity contribution in [2.45, 2.75) is 12.5 Å². The number of hydrogen-bond acceptors (Lipinski definition) is 3. The Bertz CT molecular complexity index is 651. The predicted molar refractivity (Wildman–Crippen MR) is 96.9 cm³/mol. The molecule has 1 saturated heterocycles. The van der Waals surface area contributed by atoms with Gasteiger partial charge in [0.25, 0.3) is 0 Å². The number of nitrogens with one attached hydrogen (secondary N) is 2. The van der Waals surface area contributed by atoms with Gasteiger partial charge in [-0.2, -0.15) is 0 Å². The van der Waals surface area contributed by atoms with E-state index in [0.717, 1.165) is 18.7 Å². The molecule has 132 valence electrons. The maximum Gasteiger partial charge on any atom is 0.322 e. The largest absolute Gasteiger partial charge is 0.338 e. The first-order chi connectivity index (χ1) is 12.2. The Balaban J connectivity index is 1.71. The van der Waals surface area contributed by atoms with Crippen LogP contribution in [0.2, 0.25) is 0 Å². The topological polar surface area (TPSA) is 64.7 Å². The fourth-order valence-corrected chi connectivity index (χ4v) is 3.01. The zero-order valence-corrected chi connectivity index (χ0v) is 14.2. The van der Waals surface area contributed by atoms with Gasteiger partial charge in [-0.25, -0.2) is 4.79 Å². The molecular formula is C19H24N4O2. The molecule has 0 aromatic heterocycles. The summed E-state index contributed by atoms with van der Waals surface area (Å²) in [6.07, 6.45) is 7.83. The molecule has 0 saturated carbocycles. The first-order valence-electron chi connectivity index (χ1n) is 8.68. The van der Waals surface area contributed by atoms with E-state index in [9.17, 15) is 9.59 Å². The third kappa shape index (κ3) is 4.70. The molecule has 0 radical (unpaired) electrons. The Morgan fingerprint density at radius 1 is 1.12 bits per heavy atom. The summed E-state index contributed by atoms with van der Waals surface area (Å²) in [6.45, 7) is 3.44. The van der Waals surface area contributed by atoms with Gasteiger partial charge in [0.2, 0.25) is 5.91 Å². The second-order valence-corrected chi connectivity index (χ2v) is 6.19. The molecule has 6 heteroatoms. The van der Waals surface area contributed by atoms with Gasteiger partial charge in [0.15, 0.2) is 0 Å². The van der Waals surface area contributed by atoms with Crippen molar-refractivity contribution in [3.05, 3.63) is 60.3 Å². The highest BCUT2D eigenvalue weighted by atomic mass is 16.2. The highest BCUT2D eigenvalue weighted by molar-refractivity contribution is 5.88. The number of carbonyl (C=O) groups excluding carboxylic acids is 2. The number of allylic oxidation sites excluding steroid dienone is 2. The summed E-state index contributed by atoms with van der Waals surface area (Å²) in [5, 5.41) is 6.17. The van der Waals surface area contributed by atoms with Crippen molar-refractivity contribution < 1.29 is 9.59 Å². The van der Waals surface area contributed by atoms with E-state index in [1.807, 2.05) is 53.5 Å². The lowest BCUT2D eigenvalue weighted by molar-refractivity contribution is -0.133. The number of benzene rings is 1. The van der Waals surface area contributed by atoms with E-state index in [2.05, 4.69) is 10.6 Å². The minimum absolute atomic E-state index is 0.0183. The van der Waals surface area contributed by atoms with E-state index in [0.29, 0.717) is 26.1 Å². The molecule has 2 N–H and O–H groups in total. The third-order valence-corrected chi connectivity index (χ3v) is 4.38. The van der Waals surface area contributed by atoms with Gasteiger partial charge in [-0.3, -0.25) is 9.69 Å². The number of rotatable bonds is 4. The van der Waals surface area contributed by atoms with Crippen LogP contribution in [0.5, 0.6) is 0 Å². The fourth-order valence-electron chi connectivity index (χ4n) is 3.01. The average Bonchev–Trinajstić information content (AvgIpc) is 2.69. The summed E-state index contributed by atoms with van der Waals surface area (Å²) in [7, 11) is 0. The normalized spacial score (nSPS) is 18.1. The predicted octanol–water partition coefficient (Wildman–Crippen LogP) is 1.12. The summed E-state index contributed by atoms with van der Waals surface area (Å²) in [5.41, 5.74) is 1.03. The van der Waals surface area contributed by atoms with Gasteiger partial charge in [0, 0.05) is 45.3 Å². The van der Waals surface area contributed by atoms with Crippen LogP contribution in [-0.4, -0.2) is 60.5 Å². The van der Waals surface area contributed by atoms with Crippen LogP contribution >= 0.6 is 0 Å². The molecule has 1 atom stereocenters. The number of urea groups is 1. The molecule has 2 heterocycles. The van der Waals surface area contributed by atoms with Crippen LogP contribution in [0.25, 0.3) is 0 Å². The van der Waals surface area contributed by atoms with Gasteiger partial charge >= 0.3 is 6.03 Å². The summed E-state index contributed by atoms with van der Waals surface area (Å²) >= 11 is 0. The van der Waals surface area contributed by atoms with Crippen molar-refractivity contribution in [1.29, 1.82) is 0 Å². The summed E-state index contributed by atoms with van der Waals surface area (Å²) in [4.78, 5) is 28.9. The molecule has 2 aliphatic heterocycles. The molecule has 0 spiro atoms. The molecule has 25 heavy (non-hydrogen) atoms. The zero-order valence-electron chi connectivity index (χ0n) is 14.2. The van der Waals surface area contributed by atoms with Crippen LogP contribution in [0.1, 0.15) is 5.56 Å². The lowest BCUT2D eigenvalue weighted by atomic mass is 10.0. The molecule has 0 bridgehead atoms. The minimum Gasteiger partial charge on any atom is -0.338 e. The number of carbonyl (C=O) groups is 2. The summed E-state index contributed by atoms with van der Waals surface area (Å²) < 4.78 is 0. The molecule has 6 nitrogen and oxygen atoms in total. The molecule has 3 amide bonds. The summed E-state index contributed by atoms with van der Waals surface area (Å²) in [6, 6.07) is 8.99. The van der Waals surface area contributed by atoms with E-state index < -0.39 is 6.04 Å². The van der Waals surface area contributed by atoms with Gasteiger partial charge in [0.05, 0.1) is 0 Å². The van der Waals surface area contributed by atoms with Crippen molar-refractivity contribution in [2.24, 2.45) is 0 Å². The highest BCUT2D eigenvalue weighted by Gasteiger charge is 2.28. The Labute approximate surface area is 148 Å². The van der Waals surface area contributed by atoms with Gasteiger partial charge in [-0.05, 0) is 11.6 Å². The quantitative estimate of drug-likeness (QED) is 0.863. The molecule has 0 aliphatic carbocycles. The fraction of sp³-hybridized carbons (Fsp3) is 0.368. The van der Waals surface area contributed by atoms with Crippen molar-refractivity contribution in [3.63, 3.8) is 0 Å². The molecular weight excluding hydrogens is 316 g/mol.